The summed E-state index contributed by atoms with van der Waals surface area (Å²) in [6, 6.07) is 8.26. The molecular formula is C14H17NO2S. The van der Waals surface area contributed by atoms with Crippen LogP contribution in [0.1, 0.15) is 12.0 Å². The van der Waals surface area contributed by atoms with Crippen LogP contribution >= 0.6 is 11.8 Å². The monoisotopic (exact) mass is 263 g/mol. The van der Waals surface area contributed by atoms with Gasteiger partial charge in [-0.05, 0) is 24.1 Å². The SMILES string of the molecule is COc1ccc(CC(=O)N2CC3CC2CS3)cc1. The molecular weight excluding hydrogens is 246 g/mol. The van der Waals surface area contributed by atoms with Crippen molar-refractivity contribution >= 4 is 17.7 Å². The normalized spacial score (nSPS) is 25.5. The summed E-state index contributed by atoms with van der Waals surface area (Å²) < 4.78 is 5.12. The van der Waals surface area contributed by atoms with E-state index >= 15 is 0 Å². The molecule has 1 aromatic rings. The number of benzene rings is 1. The Morgan fingerprint density at radius 2 is 2.22 bits per heavy atom. The zero-order chi connectivity index (χ0) is 12.5. The van der Waals surface area contributed by atoms with Gasteiger partial charge in [-0.15, -0.1) is 0 Å². The fraction of sp³-hybridized carbons (Fsp3) is 0.500. The van der Waals surface area contributed by atoms with Gasteiger partial charge in [0.05, 0.1) is 13.5 Å². The Kier molecular flexibility index (Phi) is 3.20. The highest BCUT2D eigenvalue weighted by Crippen LogP contribution is 2.37. The van der Waals surface area contributed by atoms with Crippen molar-refractivity contribution in [1.29, 1.82) is 0 Å². The highest BCUT2D eigenvalue weighted by molar-refractivity contribution is 8.00. The van der Waals surface area contributed by atoms with Gasteiger partial charge in [-0.3, -0.25) is 4.79 Å². The first-order valence-corrected chi connectivity index (χ1v) is 7.35. The van der Waals surface area contributed by atoms with Gasteiger partial charge in [0.2, 0.25) is 5.91 Å². The Bertz CT molecular complexity index is 446. The van der Waals surface area contributed by atoms with Crippen LogP contribution in [0, 0.1) is 0 Å². The molecule has 0 spiro atoms. The second kappa shape index (κ2) is 4.84. The number of methoxy groups -OCH3 is 1. The van der Waals surface area contributed by atoms with Crippen LogP contribution in [-0.2, 0) is 11.2 Å². The second-order valence-corrected chi connectivity index (χ2v) is 6.25. The zero-order valence-electron chi connectivity index (χ0n) is 10.5. The van der Waals surface area contributed by atoms with E-state index < -0.39 is 0 Å². The van der Waals surface area contributed by atoms with Crippen molar-refractivity contribution in [3.8, 4) is 5.75 Å². The lowest BCUT2D eigenvalue weighted by Gasteiger charge is -2.26. The van der Waals surface area contributed by atoms with E-state index in [0.29, 0.717) is 17.7 Å². The van der Waals surface area contributed by atoms with E-state index in [1.807, 2.05) is 36.0 Å². The van der Waals surface area contributed by atoms with Crippen LogP contribution in [0.25, 0.3) is 0 Å². The van der Waals surface area contributed by atoms with Gasteiger partial charge in [0.1, 0.15) is 5.75 Å². The number of rotatable bonds is 3. The Hall–Kier alpha value is -1.16. The number of likely N-dealkylation sites (tertiary alicyclic amines) is 1. The Morgan fingerprint density at radius 1 is 1.44 bits per heavy atom. The first-order chi connectivity index (χ1) is 8.76. The summed E-state index contributed by atoms with van der Waals surface area (Å²) in [6.07, 6.45) is 1.71. The van der Waals surface area contributed by atoms with Crippen LogP contribution < -0.4 is 4.74 Å². The summed E-state index contributed by atoms with van der Waals surface area (Å²) in [5.74, 6) is 2.23. The quantitative estimate of drug-likeness (QED) is 0.835. The van der Waals surface area contributed by atoms with Crippen molar-refractivity contribution in [3.05, 3.63) is 29.8 Å². The molecule has 1 aromatic carbocycles. The molecule has 4 heteroatoms. The number of fused-ring (bicyclic) bond motifs is 2. The van der Waals surface area contributed by atoms with Gasteiger partial charge in [0.15, 0.2) is 0 Å². The predicted molar refractivity (Wildman–Crippen MR) is 73.1 cm³/mol. The third kappa shape index (κ3) is 2.21. The summed E-state index contributed by atoms with van der Waals surface area (Å²) in [5.41, 5.74) is 1.07. The summed E-state index contributed by atoms with van der Waals surface area (Å²) in [7, 11) is 1.65. The van der Waals surface area contributed by atoms with E-state index in [4.69, 9.17) is 4.74 Å². The van der Waals surface area contributed by atoms with Crippen LogP contribution in [0.2, 0.25) is 0 Å². The first kappa shape index (κ1) is 11.9. The van der Waals surface area contributed by atoms with Crippen molar-refractivity contribution in [2.75, 3.05) is 19.4 Å². The number of nitrogens with zero attached hydrogens (tertiary/aromatic N) is 1. The summed E-state index contributed by atoms with van der Waals surface area (Å²) >= 11 is 2.01. The van der Waals surface area contributed by atoms with E-state index in [-0.39, 0.29) is 5.91 Å². The molecule has 0 N–H and O–H groups in total. The zero-order valence-corrected chi connectivity index (χ0v) is 11.3. The number of carbonyl (C=O) groups is 1. The predicted octanol–water partition coefficient (Wildman–Crippen LogP) is 1.95. The maximum Gasteiger partial charge on any atom is 0.227 e. The van der Waals surface area contributed by atoms with Gasteiger partial charge in [-0.1, -0.05) is 12.1 Å². The molecule has 2 saturated heterocycles. The molecule has 0 aliphatic carbocycles. The first-order valence-electron chi connectivity index (χ1n) is 6.30. The van der Waals surface area contributed by atoms with Crippen molar-refractivity contribution < 1.29 is 9.53 Å². The number of hydrogen-bond acceptors (Lipinski definition) is 3. The molecule has 2 aliphatic heterocycles. The minimum absolute atomic E-state index is 0.271. The molecule has 2 heterocycles. The summed E-state index contributed by atoms with van der Waals surface area (Å²) in [4.78, 5) is 14.3. The van der Waals surface area contributed by atoms with Gasteiger partial charge in [0.25, 0.3) is 0 Å². The lowest BCUT2D eigenvalue weighted by atomic mass is 10.1. The third-order valence-corrected chi connectivity index (χ3v) is 5.13. The van der Waals surface area contributed by atoms with E-state index in [1.54, 1.807) is 7.11 Å². The highest BCUT2D eigenvalue weighted by atomic mass is 32.2. The van der Waals surface area contributed by atoms with Crippen LogP contribution in [0.3, 0.4) is 0 Å². The number of ether oxygens (including phenoxy) is 1. The van der Waals surface area contributed by atoms with Gasteiger partial charge >= 0.3 is 0 Å². The van der Waals surface area contributed by atoms with Crippen LogP contribution in [0.4, 0.5) is 0 Å². The van der Waals surface area contributed by atoms with Gasteiger partial charge < -0.3 is 9.64 Å². The maximum atomic E-state index is 12.2. The van der Waals surface area contributed by atoms with Gasteiger partial charge in [0, 0.05) is 23.6 Å². The van der Waals surface area contributed by atoms with Crippen LogP contribution in [0.5, 0.6) is 5.75 Å². The minimum atomic E-state index is 0.271. The van der Waals surface area contributed by atoms with Crippen molar-refractivity contribution in [2.24, 2.45) is 0 Å². The van der Waals surface area contributed by atoms with E-state index in [0.717, 1.165) is 23.6 Å². The van der Waals surface area contributed by atoms with Crippen molar-refractivity contribution in [1.82, 2.24) is 4.90 Å². The lowest BCUT2D eigenvalue weighted by Crippen LogP contribution is -2.40. The standard InChI is InChI=1S/C14H17NO2S/c1-17-12-4-2-10(3-5-12)6-14(16)15-8-13-7-11(15)9-18-13/h2-5,11,13H,6-9H2,1H3. The Balaban J connectivity index is 1.63. The average Bonchev–Trinajstić information content (AvgIpc) is 3.02. The molecule has 2 aliphatic rings. The summed E-state index contributed by atoms with van der Waals surface area (Å²) in [5, 5.41) is 0.690. The lowest BCUT2D eigenvalue weighted by molar-refractivity contribution is -0.130. The molecule has 3 rings (SSSR count). The number of thioether (sulfide) groups is 1. The smallest absolute Gasteiger partial charge is 0.227 e. The number of hydrogen-bond donors (Lipinski definition) is 0. The fourth-order valence-electron chi connectivity index (χ4n) is 2.72. The molecule has 2 bridgehead atoms. The van der Waals surface area contributed by atoms with E-state index in [1.165, 1.54) is 6.42 Å². The number of amides is 1. The highest BCUT2D eigenvalue weighted by Gasteiger charge is 2.40. The number of carbonyl (C=O) groups excluding carboxylic acids is 1. The van der Waals surface area contributed by atoms with Gasteiger partial charge in [-0.25, -0.2) is 0 Å². The molecule has 2 atom stereocenters. The molecule has 0 radical (unpaired) electrons. The molecule has 0 saturated carbocycles. The topological polar surface area (TPSA) is 29.5 Å². The van der Waals surface area contributed by atoms with Crippen LogP contribution in [0.15, 0.2) is 24.3 Å². The van der Waals surface area contributed by atoms with Crippen LogP contribution in [-0.4, -0.2) is 41.5 Å². The molecule has 2 unspecified atom stereocenters. The second-order valence-electron chi connectivity index (χ2n) is 4.92. The molecule has 3 nitrogen and oxygen atoms in total. The van der Waals surface area contributed by atoms with Gasteiger partial charge in [-0.2, -0.15) is 11.8 Å². The molecule has 96 valence electrons. The summed E-state index contributed by atoms with van der Waals surface area (Å²) in [6.45, 7) is 0.949. The van der Waals surface area contributed by atoms with Crippen molar-refractivity contribution in [2.45, 2.75) is 24.1 Å². The molecule has 2 fully saturated rings. The average molecular weight is 263 g/mol. The van der Waals surface area contributed by atoms with E-state index in [9.17, 15) is 4.79 Å². The Morgan fingerprint density at radius 3 is 2.78 bits per heavy atom. The third-order valence-electron chi connectivity index (χ3n) is 3.74. The Labute approximate surface area is 111 Å². The fourth-order valence-corrected chi connectivity index (χ4v) is 4.16. The van der Waals surface area contributed by atoms with E-state index in [2.05, 4.69) is 4.90 Å². The molecule has 18 heavy (non-hydrogen) atoms. The van der Waals surface area contributed by atoms with Crippen molar-refractivity contribution in [3.63, 3.8) is 0 Å². The largest absolute Gasteiger partial charge is 0.497 e. The molecule has 1 amide bonds. The molecule has 0 aromatic heterocycles. The maximum absolute atomic E-state index is 12.2. The minimum Gasteiger partial charge on any atom is -0.497 e.